The Balaban J connectivity index is 0.000000189. The van der Waals surface area contributed by atoms with Gasteiger partial charge in [0.1, 0.15) is 0 Å². The molecule has 0 aromatic heterocycles. The number of nitrogens with one attached hydrogen (secondary N) is 4. The van der Waals surface area contributed by atoms with E-state index in [0.29, 0.717) is 12.3 Å². The normalized spacial score (nSPS) is 20.6. The number of rotatable bonds is 5. The van der Waals surface area contributed by atoms with Crippen LogP contribution in [0.1, 0.15) is 25.0 Å². The molecule has 1 saturated heterocycles. The number of hydrogen-bond acceptors (Lipinski definition) is 3. The predicted octanol–water partition coefficient (Wildman–Crippen LogP) is 2.47. The van der Waals surface area contributed by atoms with Gasteiger partial charge < -0.3 is 21.3 Å². The highest BCUT2D eigenvalue weighted by atomic mass is 16.2. The fourth-order valence-electron chi connectivity index (χ4n) is 2.92. The van der Waals surface area contributed by atoms with E-state index < -0.39 is 0 Å². The van der Waals surface area contributed by atoms with Gasteiger partial charge in [0.2, 0.25) is 6.41 Å². The number of allylic oxidation sites excluding steroid dienone is 2. The molecule has 26 heavy (non-hydrogen) atoms. The van der Waals surface area contributed by atoms with E-state index >= 15 is 0 Å². The summed E-state index contributed by atoms with van der Waals surface area (Å²) in [5.74, 6) is 0.423. The molecule has 0 radical (unpaired) electrons. The van der Waals surface area contributed by atoms with Crippen LogP contribution in [-0.4, -0.2) is 31.6 Å². The Morgan fingerprint density at radius 2 is 2.12 bits per heavy atom. The number of carbonyl (C=O) groups is 2. The second-order valence-electron chi connectivity index (χ2n) is 6.52. The standard InChI is InChI=1S/C11H16N2O.C9H12N2O/c1-3-12-7-10-5-4-9(2)6-11(10)13-8-14;1-6-2-3-7-5-10-9(12)11-8(7)4-6/h4-6,8,12H,3,7H2,1-2H3,(H,13,14);2-4,7-8H,5H2,1H3,(H2,10,11,12). The minimum atomic E-state index is -0.0596. The highest BCUT2D eigenvalue weighted by Gasteiger charge is 2.26. The molecule has 140 valence electrons. The molecule has 1 aromatic carbocycles. The Morgan fingerprint density at radius 3 is 2.85 bits per heavy atom. The third-order valence-electron chi connectivity index (χ3n) is 4.35. The third kappa shape index (κ3) is 5.74. The van der Waals surface area contributed by atoms with Gasteiger partial charge in [-0.05, 0) is 37.6 Å². The van der Waals surface area contributed by atoms with Gasteiger partial charge >= 0.3 is 6.03 Å². The minimum absolute atomic E-state index is 0.0596. The topological polar surface area (TPSA) is 82.3 Å². The summed E-state index contributed by atoms with van der Waals surface area (Å²) in [6.07, 6.45) is 7.06. The molecule has 0 spiro atoms. The highest BCUT2D eigenvalue weighted by molar-refractivity contribution is 5.76. The monoisotopic (exact) mass is 356 g/mol. The van der Waals surface area contributed by atoms with Crippen LogP contribution >= 0.6 is 0 Å². The van der Waals surface area contributed by atoms with E-state index in [1.54, 1.807) is 0 Å². The first-order valence-electron chi connectivity index (χ1n) is 8.95. The Morgan fingerprint density at radius 1 is 1.31 bits per heavy atom. The SMILES string of the molecule is CC1=CC2NC(=O)NCC2C=C1.CCNCc1ccc(C)cc1NC=O. The van der Waals surface area contributed by atoms with Gasteiger partial charge in [0.05, 0.1) is 6.04 Å². The zero-order chi connectivity index (χ0) is 18.9. The van der Waals surface area contributed by atoms with Gasteiger partial charge in [0.15, 0.2) is 0 Å². The predicted molar refractivity (Wildman–Crippen MR) is 105 cm³/mol. The molecule has 4 N–H and O–H groups in total. The number of carbonyl (C=O) groups excluding carboxylic acids is 2. The Kier molecular flexibility index (Phi) is 7.41. The lowest BCUT2D eigenvalue weighted by molar-refractivity contribution is -0.105. The van der Waals surface area contributed by atoms with Crippen molar-refractivity contribution in [3.8, 4) is 0 Å². The smallest absolute Gasteiger partial charge is 0.315 e. The second-order valence-corrected chi connectivity index (χ2v) is 6.52. The molecule has 6 nitrogen and oxygen atoms in total. The van der Waals surface area contributed by atoms with Crippen molar-refractivity contribution >= 4 is 18.1 Å². The molecule has 3 rings (SSSR count). The van der Waals surface area contributed by atoms with Gasteiger partial charge in [-0.1, -0.05) is 42.9 Å². The molecule has 1 aliphatic heterocycles. The maximum Gasteiger partial charge on any atom is 0.315 e. The van der Waals surface area contributed by atoms with Crippen LogP contribution in [0.4, 0.5) is 10.5 Å². The molecule has 1 aliphatic carbocycles. The maximum absolute atomic E-state index is 10.9. The van der Waals surface area contributed by atoms with E-state index in [1.807, 2.05) is 32.0 Å². The van der Waals surface area contributed by atoms with Crippen molar-refractivity contribution in [2.24, 2.45) is 5.92 Å². The van der Waals surface area contributed by atoms with E-state index in [1.165, 1.54) is 5.57 Å². The molecular weight excluding hydrogens is 328 g/mol. The summed E-state index contributed by atoms with van der Waals surface area (Å²) in [4.78, 5) is 21.3. The second kappa shape index (κ2) is 9.77. The summed E-state index contributed by atoms with van der Waals surface area (Å²) in [6.45, 7) is 8.56. The van der Waals surface area contributed by atoms with Gasteiger partial charge in [-0.25, -0.2) is 4.79 Å². The van der Waals surface area contributed by atoms with Crippen LogP contribution in [0.3, 0.4) is 0 Å². The molecule has 6 heteroatoms. The summed E-state index contributed by atoms with van der Waals surface area (Å²) >= 11 is 0. The Hall–Kier alpha value is -2.60. The van der Waals surface area contributed by atoms with Gasteiger partial charge in [0, 0.05) is 24.7 Å². The molecular formula is C20H28N4O2. The molecule has 0 saturated carbocycles. The number of fused-ring (bicyclic) bond motifs is 1. The minimum Gasteiger partial charge on any atom is -0.337 e. The summed E-state index contributed by atoms with van der Waals surface area (Å²) in [6, 6.07) is 6.19. The molecule has 1 aromatic rings. The van der Waals surface area contributed by atoms with Gasteiger partial charge in [-0.2, -0.15) is 0 Å². The zero-order valence-corrected chi connectivity index (χ0v) is 15.6. The van der Waals surface area contributed by atoms with E-state index in [-0.39, 0.29) is 12.1 Å². The van der Waals surface area contributed by atoms with Crippen molar-refractivity contribution in [2.45, 2.75) is 33.4 Å². The Labute approximate surface area is 155 Å². The molecule has 2 atom stereocenters. The summed E-state index contributed by atoms with van der Waals surface area (Å²) in [7, 11) is 0. The number of urea groups is 1. The van der Waals surface area contributed by atoms with E-state index in [9.17, 15) is 9.59 Å². The fraction of sp³-hybridized carbons (Fsp3) is 0.400. The van der Waals surface area contributed by atoms with Crippen molar-refractivity contribution in [1.29, 1.82) is 0 Å². The zero-order valence-electron chi connectivity index (χ0n) is 15.6. The summed E-state index contributed by atoms with van der Waals surface area (Å²) in [5, 5.41) is 11.6. The van der Waals surface area contributed by atoms with Crippen LogP contribution in [0.25, 0.3) is 0 Å². The summed E-state index contributed by atoms with van der Waals surface area (Å²) < 4.78 is 0. The van der Waals surface area contributed by atoms with Gasteiger partial charge in [0.25, 0.3) is 0 Å². The average Bonchev–Trinajstić information content (AvgIpc) is 2.61. The van der Waals surface area contributed by atoms with Crippen LogP contribution < -0.4 is 21.3 Å². The molecule has 3 amide bonds. The number of hydrogen-bond donors (Lipinski definition) is 4. The lowest BCUT2D eigenvalue weighted by atomic mass is 9.91. The molecule has 2 unspecified atom stereocenters. The van der Waals surface area contributed by atoms with Crippen LogP contribution in [-0.2, 0) is 11.3 Å². The highest BCUT2D eigenvalue weighted by Crippen LogP contribution is 2.18. The first-order valence-corrected chi connectivity index (χ1v) is 8.95. The largest absolute Gasteiger partial charge is 0.337 e. The fourth-order valence-corrected chi connectivity index (χ4v) is 2.92. The molecule has 2 aliphatic rings. The van der Waals surface area contributed by atoms with Crippen molar-refractivity contribution in [1.82, 2.24) is 16.0 Å². The van der Waals surface area contributed by atoms with Crippen molar-refractivity contribution in [3.63, 3.8) is 0 Å². The molecule has 1 fully saturated rings. The van der Waals surface area contributed by atoms with E-state index in [4.69, 9.17) is 0 Å². The van der Waals surface area contributed by atoms with Gasteiger partial charge in [-0.3, -0.25) is 4.79 Å². The number of amides is 3. The van der Waals surface area contributed by atoms with Gasteiger partial charge in [-0.15, -0.1) is 0 Å². The van der Waals surface area contributed by atoms with Crippen molar-refractivity contribution in [2.75, 3.05) is 18.4 Å². The van der Waals surface area contributed by atoms with Crippen molar-refractivity contribution in [3.05, 3.63) is 53.1 Å². The summed E-state index contributed by atoms with van der Waals surface area (Å²) in [5.41, 5.74) is 4.37. The van der Waals surface area contributed by atoms with E-state index in [0.717, 1.165) is 36.4 Å². The average molecular weight is 356 g/mol. The van der Waals surface area contributed by atoms with Crippen LogP contribution in [0.15, 0.2) is 42.0 Å². The first-order chi connectivity index (χ1) is 12.5. The lowest BCUT2D eigenvalue weighted by Gasteiger charge is -2.31. The molecule has 1 heterocycles. The number of benzene rings is 1. The first kappa shape index (κ1) is 19.7. The van der Waals surface area contributed by atoms with E-state index in [2.05, 4.69) is 46.4 Å². The quantitative estimate of drug-likeness (QED) is 0.612. The van der Waals surface area contributed by atoms with Crippen molar-refractivity contribution < 1.29 is 9.59 Å². The Bertz CT molecular complexity index is 697. The third-order valence-corrected chi connectivity index (χ3v) is 4.35. The van der Waals surface area contributed by atoms with Crippen LogP contribution in [0.5, 0.6) is 0 Å². The molecule has 0 bridgehead atoms. The number of anilines is 1. The van der Waals surface area contributed by atoms with Crippen LogP contribution in [0.2, 0.25) is 0 Å². The lowest BCUT2D eigenvalue weighted by Crippen LogP contribution is -2.54. The maximum atomic E-state index is 10.9. The van der Waals surface area contributed by atoms with Crippen LogP contribution in [0, 0.1) is 12.8 Å². The number of aryl methyl sites for hydroxylation is 1.